The van der Waals surface area contributed by atoms with Crippen LogP contribution < -0.4 is 4.72 Å². The Bertz CT molecular complexity index is 106. The molecule has 1 heterocycles. The lowest BCUT2D eigenvalue weighted by atomic mass is 10.7. The fraction of sp³-hybridized carbons (Fsp3) is 0.750. The molecule has 1 fully saturated rings. The van der Waals surface area contributed by atoms with Gasteiger partial charge in [0, 0.05) is 0 Å². The zero-order valence-corrected chi connectivity index (χ0v) is 5.33. The number of rotatable bonds is 0. The van der Waals surface area contributed by atoms with Crippen molar-refractivity contribution in [2.24, 2.45) is 0 Å². The van der Waals surface area contributed by atoms with Crippen LogP contribution in [0.1, 0.15) is 6.92 Å². The largest absolute Gasteiger partial charge is 0.449 e. The van der Waals surface area contributed by atoms with Gasteiger partial charge in [0.15, 0.2) is 5.44 Å². The van der Waals surface area contributed by atoms with E-state index in [9.17, 15) is 4.79 Å². The van der Waals surface area contributed by atoms with Gasteiger partial charge in [0.1, 0.15) is 6.54 Å². The molecule has 0 saturated carbocycles. The number of esters is 1. The van der Waals surface area contributed by atoms with Gasteiger partial charge in [0.2, 0.25) is 0 Å². The number of carbonyl (C=O) groups is 1. The lowest BCUT2D eigenvalue weighted by Crippen LogP contribution is -2.30. The second kappa shape index (κ2) is 2.37. The average molecular weight is 133 g/mol. The molecule has 3 nitrogen and oxygen atoms in total. The van der Waals surface area contributed by atoms with Crippen LogP contribution in [0, 0.1) is 0 Å². The Morgan fingerprint density at radius 3 is 3.12 bits per heavy atom. The monoisotopic (exact) mass is 133 g/mol. The highest BCUT2D eigenvalue weighted by atomic mass is 32.2. The van der Waals surface area contributed by atoms with Crippen molar-refractivity contribution in [3.63, 3.8) is 0 Å². The number of nitrogens with one attached hydrogen (secondary N) is 1. The fourth-order valence-corrected chi connectivity index (χ4v) is 1.06. The SMILES string of the molecule is CC1OC(=O)CNS1. The summed E-state index contributed by atoms with van der Waals surface area (Å²) in [6, 6.07) is 0. The van der Waals surface area contributed by atoms with E-state index in [0.717, 1.165) is 0 Å². The maximum Gasteiger partial charge on any atom is 0.321 e. The van der Waals surface area contributed by atoms with Crippen LogP contribution in [-0.2, 0) is 9.53 Å². The predicted octanol–water partition coefficient (Wildman–Crippen LogP) is 0.127. The van der Waals surface area contributed by atoms with Crippen LogP contribution in [0.5, 0.6) is 0 Å². The number of carbonyl (C=O) groups excluding carboxylic acids is 1. The minimum Gasteiger partial charge on any atom is -0.449 e. The highest BCUT2D eigenvalue weighted by Gasteiger charge is 2.14. The molecule has 0 aliphatic carbocycles. The van der Waals surface area contributed by atoms with Gasteiger partial charge in [-0.05, 0) is 18.9 Å². The molecule has 1 saturated heterocycles. The summed E-state index contributed by atoms with van der Waals surface area (Å²) >= 11 is 1.43. The van der Waals surface area contributed by atoms with E-state index in [4.69, 9.17) is 4.74 Å². The molecule has 0 amide bonds. The van der Waals surface area contributed by atoms with E-state index >= 15 is 0 Å². The number of ether oxygens (including phenoxy) is 1. The lowest BCUT2D eigenvalue weighted by Gasteiger charge is -2.17. The normalized spacial score (nSPS) is 29.6. The summed E-state index contributed by atoms with van der Waals surface area (Å²) < 4.78 is 7.57. The smallest absolute Gasteiger partial charge is 0.321 e. The molecule has 1 atom stereocenters. The third kappa shape index (κ3) is 1.38. The highest BCUT2D eigenvalue weighted by Crippen LogP contribution is 2.10. The fourth-order valence-electron chi connectivity index (χ4n) is 0.469. The minimum absolute atomic E-state index is 0.0313. The predicted molar refractivity (Wildman–Crippen MR) is 31.1 cm³/mol. The van der Waals surface area contributed by atoms with Gasteiger partial charge in [-0.25, -0.2) is 4.72 Å². The Morgan fingerprint density at radius 2 is 2.75 bits per heavy atom. The zero-order valence-electron chi connectivity index (χ0n) is 4.51. The molecule has 1 rings (SSSR count). The van der Waals surface area contributed by atoms with Crippen molar-refractivity contribution in [1.29, 1.82) is 0 Å². The molecule has 0 bridgehead atoms. The first kappa shape index (κ1) is 5.91. The Balaban J connectivity index is 2.34. The summed E-state index contributed by atoms with van der Waals surface area (Å²) in [6.07, 6.45) is 0. The van der Waals surface area contributed by atoms with E-state index in [1.807, 2.05) is 6.92 Å². The van der Waals surface area contributed by atoms with Gasteiger partial charge in [-0.1, -0.05) is 0 Å². The first-order valence-electron chi connectivity index (χ1n) is 2.37. The molecule has 8 heavy (non-hydrogen) atoms. The number of hydrogen-bond donors (Lipinski definition) is 1. The first-order valence-corrected chi connectivity index (χ1v) is 3.25. The molecule has 1 unspecified atom stereocenters. The van der Waals surface area contributed by atoms with E-state index in [0.29, 0.717) is 6.54 Å². The van der Waals surface area contributed by atoms with Crippen molar-refractivity contribution in [2.45, 2.75) is 12.4 Å². The summed E-state index contributed by atoms with van der Waals surface area (Å²) in [5, 5.41) is 0. The summed E-state index contributed by atoms with van der Waals surface area (Å²) in [6.45, 7) is 2.16. The van der Waals surface area contributed by atoms with E-state index in [1.54, 1.807) is 0 Å². The molecule has 4 heteroatoms. The van der Waals surface area contributed by atoms with Crippen molar-refractivity contribution in [1.82, 2.24) is 4.72 Å². The summed E-state index contributed by atoms with van der Waals surface area (Å²) in [5.74, 6) is -0.170. The van der Waals surface area contributed by atoms with Crippen LogP contribution in [-0.4, -0.2) is 18.0 Å². The standard InChI is InChI=1S/C4H7NO2S/c1-3-7-4(6)2-5-8-3/h3,5H,2H2,1H3. The minimum atomic E-state index is -0.170. The van der Waals surface area contributed by atoms with Gasteiger partial charge in [-0.3, -0.25) is 4.79 Å². The van der Waals surface area contributed by atoms with E-state index in [1.165, 1.54) is 11.9 Å². The van der Waals surface area contributed by atoms with Crippen LogP contribution >= 0.6 is 11.9 Å². The Kier molecular flexibility index (Phi) is 1.75. The number of hydrogen-bond acceptors (Lipinski definition) is 4. The molecule has 0 radical (unpaired) electrons. The van der Waals surface area contributed by atoms with Gasteiger partial charge in [-0.2, -0.15) is 0 Å². The average Bonchev–Trinajstić information content (AvgIpc) is 1.64. The molecule has 0 aromatic carbocycles. The van der Waals surface area contributed by atoms with E-state index in [2.05, 4.69) is 4.72 Å². The van der Waals surface area contributed by atoms with Crippen LogP contribution in [0.2, 0.25) is 0 Å². The molecular weight excluding hydrogens is 126 g/mol. The van der Waals surface area contributed by atoms with Gasteiger partial charge in [0.25, 0.3) is 0 Å². The Labute approximate surface area is 51.9 Å². The maximum absolute atomic E-state index is 10.4. The second-order valence-electron chi connectivity index (χ2n) is 1.50. The number of cyclic esters (lactones) is 1. The summed E-state index contributed by atoms with van der Waals surface area (Å²) in [4.78, 5) is 10.4. The molecular formula is C4H7NO2S. The Hall–Kier alpha value is -0.220. The van der Waals surface area contributed by atoms with Crippen molar-refractivity contribution < 1.29 is 9.53 Å². The van der Waals surface area contributed by atoms with Crippen LogP contribution in [0.3, 0.4) is 0 Å². The molecule has 0 spiro atoms. The van der Waals surface area contributed by atoms with Gasteiger partial charge in [-0.15, -0.1) is 0 Å². The summed E-state index contributed by atoms with van der Waals surface area (Å²) in [7, 11) is 0. The molecule has 46 valence electrons. The van der Waals surface area contributed by atoms with Gasteiger partial charge >= 0.3 is 5.97 Å². The highest BCUT2D eigenvalue weighted by molar-refractivity contribution is 7.97. The van der Waals surface area contributed by atoms with E-state index < -0.39 is 0 Å². The molecule has 1 aliphatic rings. The third-order valence-corrected chi connectivity index (χ3v) is 1.50. The maximum atomic E-state index is 10.4. The van der Waals surface area contributed by atoms with Crippen LogP contribution in [0.4, 0.5) is 0 Å². The lowest BCUT2D eigenvalue weighted by molar-refractivity contribution is -0.143. The van der Waals surface area contributed by atoms with Crippen LogP contribution in [0.25, 0.3) is 0 Å². The zero-order chi connectivity index (χ0) is 5.98. The molecule has 0 aromatic rings. The van der Waals surface area contributed by atoms with Crippen molar-refractivity contribution in [3.8, 4) is 0 Å². The van der Waals surface area contributed by atoms with Gasteiger partial charge < -0.3 is 4.74 Å². The quantitative estimate of drug-likeness (QED) is 0.376. The van der Waals surface area contributed by atoms with Crippen molar-refractivity contribution >= 4 is 17.9 Å². The van der Waals surface area contributed by atoms with Crippen LogP contribution in [0.15, 0.2) is 0 Å². The molecule has 1 aliphatic heterocycles. The first-order chi connectivity index (χ1) is 3.79. The second-order valence-corrected chi connectivity index (χ2v) is 2.68. The van der Waals surface area contributed by atoms with E-state index in [-0.39, 0.29) is 11.4 Å². The molecule has 0 aromatic heterocycles. The van der Waals surface area contributed by atoms with Gasteiger partial charge in [0.05, 0.1) is 0 Å². The Morgan fingerprint density at radius 1 is 2.00 bits per heavy atom. The third-order valence-electron chi connectivity index (χ3n) is 0.763. The van der Waals surface area contributed by atoms with Crippen molar-refractivity contribution in [3.05, 3.63) is 0 Å². The molecule has 1 N–H and O–H groups in total. The summed E-state index contributed by atoms with van der Waals surface area (Å²) in [5.41, 5.74) is -0.0313. The topological polar surface area (TPSA) is 38.3 Å². The van der Waals surface area contributed by atoms with Crippen molar-refractivity contribution in [2.75, 3.05) is 6.54 Å².